The molecule has 1 aromatic heterocycles. The Bertz CT molecular complexity index is 1200. The van der Waals surface area contributed by atoms with E-state index < -0.39 is 6.04 Å². The van der Waals surface area contributed by atoms with Gasteiger partial charge in [0.05, 0.1) is 6.04 Å². The minimum absolute atomic E-state index is 0.0261. The zero-order valence-electron chi connectivity index (χ0n) is 21.7. The predicted octanol–water partition coefficient (Wildman–Crippen LogP) is 4.01. The number of aryl methyl sites for hydroxylation is 2. The van der Waals surface area contributed by atoms with Crippen LogP contribution in [0.5, 0.6) is 0 Å². The van der Waals surface area contributed by atoms with Gasteiger partial charge in [-0.15, -0.1) is 0 Å². The van der Waals surface area contributed by atoms with Crippen molar-refractivity contribution in [2.24, 2.45) is 5.92 Å². The molecule has 2 unspecified atom stereocenters. The predicted molar refractivity (Wildman–Crippen MR) is 138 cm³/mol. The van der Waals surface area contributed by atoms with Gasteiger partial charge < -0.3 is 14.7 Å². The molecule has 0 bridgehead atoms. The van der Waals surface area contributed by atoms with Crippen LogP contribution in [0, 0.1) is 19.8 Å². The number of nitrogens with one attached hydrogen (secondary N) is 1. The maximum absolute atomic E-state index is 13.4. The van der Waals surface area contributed by atoms with E-state index >= 15 is 0 Å². The van der Waals surface area contributed by atoms with Crippen LogP contribution in [0.15, 0.2) is 53.1 Å². The number of carbonyl (C=O) groups excluding carboxylic acids is 2. The van der Waals surface area contributed by atoms with Crippen LogP contribution in [0.3, 0.4) is 0 Å². The van der Waals surface area contributed by atoms with E-state index in [0.717, 1.165) is 11.1 Å². The summed E-state index contributed by atoms with van der Waals surface area (Å²) < 4.78 is 5.57. The highest BCUT2D eigenvalue weighted by atomic mass is 16.5. The molecule has 1 aliphatic rings. The lowest BCUT2D eigenvalue weighted by Crippen LogP contribution is -2.56. The van der Waals surface area contributed by atoms with Crippen molar-refractivity contribution in [1.82, 2.24) is 25.3 Å². The molecule has 0 aliphatic carbocycles. The standard InChI is InChI=1S/C28H35N5O3/c1-18(2)24(29-26(34)23-8-6-7-20(4)17-23)28(35)33-15-13-32(14-16-33)21(5)27-30-25(31-36-27)22-11-9-19(3)10-12-22/h6-12,17-18,21,24H,13-16H2,1-5H3,(H,29,34). The second-order valence-electron chi connectivity index (χ2n) is 9.92. The molecule has 1 N–H and O–H groups in total. The summed E-state index contributed by atoms with van der Waals surface area (Å²) >= 11 is 0. The molecule has 190 valence electrons. The molecule has 2 heterocycles. The van der Waals surface area contributed by atoms with Crippen LogP contribution in [0.25, 0.3) is 11.4 Å². The highest BCUT2D eigenvalue weighted by molar-refractivity contribution is 5.97. The minimum Gasteiger partial charge on any atom is -0.340 e. The summed E-state index contributed by atoms with van der Waals surface area (Å²) in [4.78, 5) is 34.9. The van der Waals surface area contributed by atoms with E-state index in [1.807, 2.05) is 82.0 Å². The van der Waals surface area contributed by atoms with Gasteiger partial charge in [0.25, 0.3) is 5.91 Å². The lowest BCUT2D eigenvalue weighted by molar-refractivity contribution is -0.136. The van der Waals surface area contributed by atoms with E-state index in [1.54, 1.807) is 6.07 Å². The molecule has 8 nitrogen and oxygen atoms in total. The lowest BCUT2D eigenvalue weighted by Gasteiger charge is -2.38. The molecule has 0 radical (unpaired) electrons. The van der Waals surface area contributed by atoms with E-state index in [0.29, 0.717) is 43.5 Å². The first-order valence-electron chi connectivity index (χ1n) is 12.5. The van der Waals surface area contributed by atoms with Crippen LogP contribution in [0.1, 0.15) is 54.2 Å². The Morgan fingerprint density at radius 1 is 0.944 bits per heavy atom. The van der Waals surface area contributed by atoms with E-state index in [-0.39, 0.29) is 23.8 Å². The number of hydrogen-bond acceptors (Lipinski definition) is 6. The molecular formula is C28H35N5O3. The molecule has 36 heavy (non-hydrogen) atoms. The molecule has 1 aliphatic heterocycles. The highest BCUT2D eigenvalue weighted by Crippen LogP contribution is 2.24. The molecule has 1 fully saturated rings. The van der Waals surface area contributed by atoms with Crippen molar-refractivity contribution in [2.75, 3.05) is 26.2 Å². The number of nitrogens with zero attached hydrogens (tertiary/aromatic N) is 4. The van der Waals surface area contributed by atoms with Gasteiger partial charge in [-0.05, 0) is 38.8 Å². The van der Waals surface area contributed by atoms with E-state index in [4.69, 9.17) is 4.52 Å². The van der Waals surface area contributed by atoms with Gasteiger partial charge in [-0.2, -0.15) is 4.98 Å². The summed E-state index contributed by atoms with van der Waals surface area (Å²) in [5.74, 6) is 0.851. The first-order chi connectivity index (χ1) is 17.2. The molecule has 2 amide bonds. The Morgan fingerprint density at radius 2 is 1.64 bits per heavy atom. The number of rotatable bonds is 7. The third-order valence-electron chi connectivity index (χ3n) is 6.78. The summed E-state index contributed by atoms with van der Waals surface area (Å²) in [6, 6.07) is 14.8. The zero-order valence-corrected chi connectivity index (χ0v) is 21.7. The number of carbonyl (C=O) groups is 2. The van der Waals surface area contributed by atoms with Crippen molar-refractivity contribution < 1.29 is 14.1 Å². The number of aromatic nitrogens is 2. The van der Waals surface area contributed by atoms with Crippen molar-refractivity contribution >= 4 is 11.8 Å². The molecule has 0 spiro atoms. The molecule has 4 rings (SSSR count). The van der Waals surface area contributed by atoms with Crippen LogP contribution in [0.4, 0.5) is 0 Å². The molecule has 8 heteroatoms. The Kier molecular flexibility index (Phi) is 7.84. The molecule has 1 saturated heterocycles. The zero-order chi connectivity index (χ0) is 25.8. The van der Waals surface area contributed by atoms with E-state index in [9.17, 15) is 9.59 Å². The third-order valence-corrected chi connectivity index (χ3v) is 6.78. The average Bonchev–Trinajstić information content (AvgIpc) is 3.37. The first-order valence-corrected chi connectivity index (χ1v) is 12.5. The quantitative estimate of drug-likeness (QED) is 0.539. The summed E-state index contributed by atoms with van der Waals surface area (Å²) in [5, 5.41) is 7.12. The molecule has 2 atom stereocenters. The van der Waals surface area contributed by atoms with Crippen LogP contribution in [-0.2, 0) is 4.79 Å². The fourth-order valence-electron chi connectivity index (χ4n) is 4.43. The number of amides is 2. The fourth-order valence-corrected chi connectivity index (χ4v) is 4.43. The second kappa shape index (κ2) is 11.0. The summed E-state index contributed by atoms with van der Waals surface area (Å²) in [6.45, 7) is 12.5. The van der Waals surface area contributed by atoms with Crippen LogP contribution in [0.2, 0.25) is 0 Å². The van der Waals surface area contributed by atoms with E-state index in [2.05, 4.69) is 20.4 Å². The fraction of sp³-hybridized carbons (Fsp3) is 0.429. The molecular weight excluding hydrogens is 454 g/mol. The highest BCUT2D eigenvalue weighted by Gasteiger charge is 2.33. The Hall–Kier alpha value is -3.52. The second-order valence-corrected chi connectivity index (χ2v) is 9.92. The van der Waals surface area contributed by atoms with Gasteiger partial charge in [0, 0.05) is 37.3 Å². The maximum atomic E-state index is 13.4. The van der Waals surface area contributed by atoms with E-state index in [1.165, 1.54) is 5.56 Å². The lowest BCUT2D eigenvalue weighted by atomic mass is 10.0. The van der Waals surface area contributed by atoms with Crippen molar-refractivity contribution in [2.45, 2.75) is 46.7 Å². The molecule has 0 saturated carbocycles. The minimum atomic E-state index is -0.574. The van der Waals surface area contributed by atoms with Gasteiger partial charge in [0.15, 0.2) is 0 Å². The number of hydrogen-bond donors (Lipinski definition) is 1. The van der Waals surface area contributed by atoms with Crippen molar-refractivity contribution in [3.63, 3.8) is 0 Å². The topological polar surface area (TPSA) is 91.6 Å². The van der Waals surface area contributed by atoms with Gasteiger partial charge in [-0.1, -0.05) is 66.5 Å². The normalized spacial score (nSPS) is 16.1. The first kappa shape index (κ1) is 25.6. The summed E-state index contributed by atoms with van der Waals surface area (Å²) in [7, 11) is 0. The maximum Gasteiger partial charge on any atom is 0.251 e. The summed E-state index contributed by atoms with van der Waals surface area (Å²) in [6.07, 6.45) is 0. The molecule has 3 aromatic rings. The van der Waals surface area contributed by atoms with Gasteiger partial charge in [0.2, 0.25) is 17.6 Å². The monoisotopic (exact) mass is 489 g/mol. The number of piperazine rings is 1. The average molecular weight is 490 g/mol. The summed E-state index contributed by atoms with van der Waals surface area (Å²) in [5.41, 5.74) is 3.67. The van der Waals surface area contributed by atoms with Gasteiger partial charge in [-0.3, -0.25) is 14.5 Å². The Balaban J connectivity index is 1.35. The van der Waals surface area contributed by atoms with Crippen molar-refractivity contribution in [3.05, 3.63) is 71.1 Å². The van der Waals surface area contributed by atoms with Gasteiger partial charge in [-0.25, -0.2) is 0 Å². The Morgan fingerprint density at radius 3 is 2.28 bits per heavy atom. The Labute approximate surface area is 212 Å². The van der Waals surface area contributed by atoms with Crippen molar-refractivity contribution in [1.29, 1.82) is 0 Å². The van der Waals surface area contributed by atoms with Crippen LogP contribution >= 0.6 is 0 Å². The smallest absolute Gasteiger partial charge is 0.251 e. The van der Waals surface area contributed by atoms with Gasteiger partial charge >= 0.3 is 0 Å². The third kappa shape index (κ3) is 5.82. The molecule has 2 aromatic carbocycles. The number of benzene rings is 2. The van der Waals surface area contributed by atoms with Crippen LogP contribution < -0.4 is 5.32 Å². The SMILES string of the molecule is Cc1ccc(-c2noc(C(C)N3CCN(C(=O)C(NC(=O)c4cccc(C)c4)C(C)C)CC3)n2)cc1. The van der Waals surface area contributed by atoms with Gasteiger partial charge in [0.1, 0.15) is 6.04 Å². The van der Waals surface area contributed by atoms with Crippen LogP contribution in [-0.4, -0.2) is 64.0 Å². The van der Waals surface area contributed by atoms with Crippen molar-refractivity contribution in [3.8, 4) is 11.4 Å². The largest absolute Gasteiger partial charge is 0.340 e.